The van der Waals surface area contributed by atoms with Crippen molar-refractivity contribution in [2.24, 2.45) is 0 Å². The summed E-state index contributed by atoms with van der Waals surface area (Å²) in [5.41, 5.74) is -0.798. The number of halogens is 4. The van der Waals surface area contributed by atoms with Gasteiger partial charge < -0.3 is 4.90 Å². The van der Waals surface area contributed by atoms with Crippen LogP contribution in [0.2, 0.25) is 5.02 Å². The van der Waals surface area contributed by atoms with Gasteiger partial charge in [0.25, 0.3) is 0 Å². The lowest BCUT2D eigenvalue weighted by Gasteiger charge is -2.20. The van der Waals surface area contributed by atoms with E-state index in [9.17, 15) is 13.2 Å². The molecule has 0 saturated carbocycles. The van der Waals surface area contributed by atoms with Crippen LogP contribution in [0, 0.1) is 6.07 Å². The molecule has 77 valence electrons. The maximum absolute atomic E-state index is 12.5. The Morgan fingerprint density at radius 1 is 1.29 bits per heavy atom. The van der Waals surface area contributed by atoms with E-state index in [1.807, 2.05) is 0 Å². The molecule has 0 saturated heterocycles. The van der Waals surface area contributed by atoms with Crippen LogP contribution >= 0.6 is 11.6 Å². The van der Waals surface area contributed by atoms with Gasteiger partial charge in [0.15, 0.2) is 0 Å². The van der Waals surface area contributed by atoms with Gasteiger partial charge in [-0.1, -0.05) is 11.6 Å². The van der Waals surface area contributed by atoms with Crippen LogP contribution in [0.15, 0.2) is 12.1 Å². The fraction of sp³-hybridized carbons (Fsp3) is 0.333. The molecule has 0 amide bonds. The van der Waals surface area contributed by atoms with Gasteiger partial charge in [-0.25, -0.2) is 0 Å². The lowest BCUT2D eigenvalue weighted by atomic mass is 10.1. The van der Waals surface area contributed by atoms with Crippen molar-refractivity contribution in [3.05, 3.63) is 28.8 Å². The highest BCUT2D eigenvalue weighted by Gasteiger charge is 2.34. The topological polar surface area (TPSA) is 3.24 Å². The third-order valence-electron chi connectivity index (χ3n) is 1.67. The molecule has 5 heteroatoms. The third kappa shape index (κ3) is 2.12. The van der Waals surface area contributed by atoms with E-state index in [1.165, 1.54) is 25.1 Å². The van der Waals surface area contributed by atoms with Gasteiger partial charge in [-0.3, -0.25) is 0 Å². The van der Waals surface area contributed by atoms with E-state index >= 15 is 0 Å². The van der Waals surface area contributed by atoms with E-state index in [1.54, 1.807) is 0 Å². The number of hydrogen-bond acceptors (Lipinski definition) is 1. The molecule has 0 aromatic heterocycles. The number of nitrogens with zero attached hydrogens (tertiary/aromatic N) is 1. The summed E-state index contributed by atoms with van der Waals surface area (Å²) in [4.78, 5) is 1.33. The summed E-state index contributed by atoms with van der Waals surface area (Å²) < 4.78 is 37.5. The molecule has 0 N–H and O–H groups in total. The van der Waals surface area contributed by atoms with Crippen molar-refractivity contribution >= 4 is 17.3 Å². The van der Waals surface area contributed by atoms with Gasteiger partial charge in [-0.2, -0.15) is 13.2 Å². The molecular formula is C9H8ClF3N. The van der Waals surface area contributed by atoms with Crippen LogP contribution in [0.4, 0.5) is 18.9 Å². The van der Waals surface area contributed by atoms with Crippen LogP contribution in [0.5, 0.6) is 0 Å². The van der Waals surface area contributed by atoms with Crippen LogP contribution in [-0.4, -0.2) is 14.1 Å². The second-order valence-electron chi connectivity index (χ2n) is 2.96. The van der Waals surface area contributed by atoms with Crippen LogP contribution in [0.25, 0.3) is 0 Å². The molecule has 1 aromatic carbocycles. The molecule has 0 atom stereocenters. The van der Waals surface area contributed by atoms with Gasteiger partial charge in [0.05, 0.1) is 16.3 Å². The van der Waals surface area contributed by atoms with E-state index in [2.05, 4.69) is 6.07 Å². The Kier molecular flexibility index (Phi) is 2.95. The van der Waals surface area contributed by atoms with Crippen LogP contribution in [-0.2, 0) is 6.18 Å². The Hall–Kier alpha value is -0.900. The number of anilines is 1. The summed E-state index contributed by atoms with van der Waals surface area (Å²) in [6.07, 6.45) is -4.40. The standard InChI is InChI=1S/C9H8ClF3N/c1-14(2)8-6(9(11,12)13)4-3-5-7(8)10/h4-5H,1-2H3. The van der Waals surface area contributed by atoms with Crippen LogP contribution in [0.3, 0.4) is 0 Å². The molecule has 1 radical (unpaired) electrons. The molecule has 1 nitrogen and oxygen atoms in total. The number of benzene rings is 1. The molecule has 0 aliphatic rings. The van der Waals surface area contributed by atoms with Crippen LogP contribution < -0.4 is 4.90 Å². The number of hydrogen-bond donors (Lipinski definition) is 0. The van der Waals surface area contributed by atoms with Crippen LogP contribution in [0.1, 0.15) is 5.56 Å². The SMILES string of the molecule is CN(C)c1c(Cl)c[c]cc1C(F)(F)F. The van der Waals surface area contributed by atoms with Crippen molar-refractivity contribution < 1.29 is 13.2 Å². The highest BCUT2D eigenvalue weighted by atomic mass is 35.5. The molecule has 0 fully saturated rings. The highest BCUT2D eigenvalue weighted by Crippen LogP contribution is 2.39. The summed E-state index contributed by atoms with van der Waals surface area (Å²) >= 11 is 5.66. The van der Waals surface area contributed by atoms with Gasteiger partial charge in [0.2, 0.25) is 0 Å². The molecule has 0 unspecified atom stereocenters. The van der Waals surface area contributed by atoms with E-state index in [0.29, 0.717) is 0 Å². The Morgan fingerprint density at radius 3 is 2.21 bits per heavy atom. The summed E-state index contributed by atoms with van der Waals surface area (Å²) in [6, 6.07) is 4.55. The van der Waals surface area contributed by atoms with E-state index < -0.39 is 11.7 Å². The molecule has 0 bridgehead atoms. The quantitative estimate of drug-likeness (QED) is 0.705. The molecule has 0 heterocycles. The molecule has 14 heavy (non-hydrogen) atoms. The molecule has 0 aliphatic heterocycles. The first-order valence-electron chi connectivity index (χ1n) is 3.78. The monoisotopic (exact) mass is 222 g/mol. The van der Waals surface area contributed by atoms with E-state index in [0.717, 1.165) is 6.07 Å². The summed E-state index contributed by atoms with van der Waals surface area (Å²) in [7, 11) is 3.02. The zero-order chi connectivity index (χ0) is 10.9. The minimum Gasteiger partial charge on any atom is -0.376 e. The minimum atomic E-state index is -4.40. The maximum Gasteiger partial charge on any atom is 0.418 e. The van der Waals surface area contributed by atoms with Crippen molar-refractivity contribution in [1.82, 2.24) is 0 Å². The first-order valence-corrected chi connectivity index (χ1v) is 4.16. The van der Waals surface area contributed by atoms with Gasteiger partial charge in [-0.15, -0.1) is 0 Å². The fourth-order valence-corrected chi connectivity index (χ4v) is 1.47. The minimum absolute atomic E-state index is 0.0297. The number of alkyl halides is 3. The Labute approximate surface area is 85.1 Å². The first-order chi connectivity index (χ1) is 6.34. The summed E-state index contributed by atoms with van der Waals surface area (Å²) in [5.74, 6) is 0. The van der Waals surface area contributed by atoms with Crippen molar-refractivity contribution in [2.75, 3.05) is 19.0 Å². The summed E-state index contributed by atoms with van der Waals surface area (Å²) in [6.45, 7) is 0. The second kappa shape index (κ2) is 3.69. The fourth-order valence-electron chi connectivity index (χ4n) is 1.13. The molecular weight excluding hydrogens is 215 g/mol. The molecule has 1 rings (SSSR count). The Balaban J connectivity index is 3.36. The van der Waals surface area contributed by atoms with Crippen molar-refractivity contribution in [3.63, 3.8) is 0 Å². The molecule has 1 aromatic rings. The van der Waals surface area contributed by atoms with E-state index in [-0.39, 0.29) is 10.7 Å². The van der Waals surface area contributed by atoms with Crippen molar-refractivity contribution in [2.45, 2.75) is 6.18 Å². The zero-order valence-corrected chi connectivity index (χ0v) is 8.37. The molecule has 0 aliphatic carbocycles. The average Bonchev–Trinajstić information content (AvgIpc) is 2.01. The Morgan fingerprint density at radius 2 is 1.86 bits per heavy atom. The lowest BCUT2D eigenvalue weighted by Crippen LogP contribution is -2.16. The van der Waals surface area contributed by atoms with Gasteiger partial charge in [0, 0.05) is 14.1 Å². The van der Waals surface area contributed by atoms with Gasteiger partial charge >= 0.3 is 6.18 Å². The average molecular weight is 223 g/mol. The largest absolute Gasteiger partial charge is 0.418 e. The smallest absolute Gasteiger partial charge is 0.376 e. The maximum atomic E-state index is 12.5. The predicted octanol–water partition coefficient (Wildman–Crippen LogP) is 3.22. The zero-order valence-electron chi connectivity index (χ0n) is 7.61. The van der Waals surface area contributed by atoms with Gasteiger partial charge in [-0.05, 0) is 18.2 Å². The van der Waals surface area contributed by atoms with E-state index in [4.69, 9.17) is 11.6 Å². The summed E-state index contributed by atoms with van der Waals surface area (Å²) in [5, 5.41) is 0.0461. The Bertz CT molecular complexity index is 333. The lowest BCUT2D eigenvalue weighted by molar-refractivity contribution is -0.137. The predicted molar refractivity (Wildman–Crippen MR) is 49.6 cm³/mol. The van der Waals surface area contributed by atoms with Crippen molar-refractivity contribution in [1.29, 1.82) is 0 Å². The molecule has 0 spiro atoms. The van der Waals surface area contributed by atoms with Gasteiger partial charge in [0.1, 0.15) is 0 Å². The normalized spacial score (nSPS) is 11.6. The van der Waals surface area contributed by atoms with Crippen molar-refractivity contribution in [3.8, 4) is 0 Å². The number of rotatable bonds is 1. The third-order valence-corrected chi connectivity index (χ3v) is 1.96. The first kappa shape index (κ1) is 11.2. The highest BCUT2D eigenvalue weighted by molar-refractivity contribution is 6.33. The second-order valence-corrected chi connectivity index (χ2v) is 3.36.